The van der Waals surface area contributed by atoms with Crippen molar-refractivity contribution in [3.8, 4) is 0 Å². The molecule has 1 aromatic heterocycles. The van der Waals surface area contributed by atoms with Crippen LogP contribution in [0.4, 0.5) is 5.69 Å². The lowest BCUT2D eigenvalue weighted by molar-refractivity contribution is 0.841. The van der Waals surface area contributed by atoms with Crippen molar-refractivity contribution in [3.05, 3.63) is 64.6 Å². The number of aromatic nitrogens is 1. The van der Waals surface area contributed by atoms with Gasteiger partial charge in [0.25, 0.3) is 0 Å². The van der Waals surface area contributed by atoms with Gasteiger partial charge < -0.3 is 9.88 Å². The Morgan fingerprint density at radius 3 is 2.61 bits per heavy atom. The van der Waals surface area contributed by atoms with E-state index < -0.39 is 0 Å². The molecule has 1 N–H and O–H groups in total. The van der Waals surface area contributed by atoms with Crippen molar-refractivity contribution in [2.45, 2.75) is 12.8 Å². The largest absolute Gasteiger partial charge is 0.384 e. The Morgan fingerprint density at radius 1 is 1.11 bits per heavy atom. The molecule has 0 atom stereocenters. The van der Waals surface area contributed by atoms with Crippen molar-refractivity contribution in [2.75, 3.05) is 11.9 Å². The van der Waals surface area contributed by atoms with Crippen LogP contribution in [0.15, 0.2) is 53.5 Å². The molecule has 1 heterocycles. The van der Waals surface area contributed by atoms with Crippen LogP contribution < -0.4 is 10.9 Å². The van der Waals surface area contributed by atoms with Gasteiger partial charge in [0, 0.05) is 25.9 Å². The Kier molecular flexibility index (Phi) is 4.18. The molecule has 0 aliphatic rings. The molecule has 0 radical (unpaired) electrons. The summed E-state index contributed by atoms with van der Waals surface area (Å²) in [6.07, 6.45) is 3.97. The number of rotatable bonds is 5. The highest BCUT2D eigenvalue weighted by Crippen LogP contribution is 2.05. The Bertz CT molecular complexity index is 546. The highest BCUT2D eigenvalue weighted by atomic mass is 16.1. The molecule has 2 rings (SSSR count). The molecule has 0 spiro atoms. The van der Waals surface area contributed by atoms with Gasteiger partial charge in [-0.2, -0.15) is 0 Å². The summed E-state index contributed by atoms with van der Waals surface area (Å²) in [5, 5.41) is 3.32. The fourth-order valence-corrected chi connectivity index (χ4v) is 1.87. The van der Waals surface area contributed by atoms with Crippen molar-refractivity contribution < 1.29 is 0 Å². The zero-order chi connectivity index (χ0) is 12.8. The molecule has 0 fully saturated rings. The molecule has 0 amide bonds. The first kappa shape index (κ1) is 12.4. The molecule has 3 heteroatoms. The van der Waals surface area contributed by atoms with Gasteiger partial charge in [-0.15, -0.1) is 0 Å². The average Bonchev–Trinajstić information content (AvgIpc) is 2.40. The zero-order valence-corrected chi connectivity index (χ0v) is 10.6. The van der Waals surface area contributed by atoms with Gasteiger partial charge in [0.05, 0.1) is 5.69 Å². The van der Waals surface area contributed by atoms with Gasteiger partial charge in [0.15, 0.2) is 0 Å². The average molecular weight is 242 g/mol. The first-order valence-electron chi connectivity index (χ1n) is 6.20. The quantitative estimate of drug-likeness (QED) is 0.817. The lowest BCUT2D eigenvalue weighted by Crippen LogP contribution is -2.15. The fraction of sp³-hybridized carbons (Fsp3) is 0.267. The van der Waals surface area contributed by atoms with E-state index in [1.54, 1.807) is 17.7 Å². The van der Waals surface area contributed by atoms with Gasteiger partial charge in [0.2, 0.25) is 5.56 Å². The second kappa shape index (κ2) is 6.05. The van der Waals surface area contributed by atoms with Gasteiger partial charge >= 0.3 is 0 Å². The number of hydrogen-bond donors (Lipinski definition) is 1. The molecular weight excluding hydrogens is 224 g/mol. The van der Waals surface area contributed by atoms with Crippen molar-refractivity contribution in [2.24, 2.45) is 7.05 Å². The van der Waals surface area contributed by atoms with E-state index in [0.29, 0.717) is 0 Å². The van der Waals surface area contributed by atoms with Crippen LogP contribution in [-0.4, -0.2) is 11.1 Å². The van der Waals surface area contributed by atoms with E-state index in [9.17, 15) is 4.79 Å². The van der Waals surface area contributed by atoms with Crippen molar-refractivity contribution in [1.29, 1.82) is 0 Å². The van der Waals surface area contributed by atoms with Gasteiger partial charge in [-0.05, 0) is 24.5 Å². The molecule has 18 heavy (non-hydrogen) atoms. The Labute approximate surface area is 107 Å². The SMILES string of the molecule is Cn1cc(NCCCc2ccccc2)ccc1=O. The number of nitrogens with zero attached hydrogens (tertiary/aromatic N) is 1. The number of anilines is 1. The van der Waals surface area contributed by atoms with Crippen LogP contribution >= 0.6 is 0 Å². The van der Waals surface area contributed by atoms with E-state index in [4.69, 9.17) is 0 Å². The molecule has 2 aromatic rings. The highest BCUT2D eigenvalue weighted by molar-refractivity contribution is 5.39. The summed E-state index contributed by atoms with van der Waals surface area (Å²) in [7, 11) is 1.76. The van der Waals surface area contributed by atoms with Crippen molar-refractivity contribution >= 4 is 5.69 Å². The first-order valence-corrected chi connectivity index (χ1v) is 6.20. The van der Waals surface area contributed by atoms with Crippen molar-refractivity contribution in [3.63, 3.8) is 0 Å². The summed E-state index contributed by atoms with van der Waals surface area (Å²) >= 11 is 0. The summed E-state index contributed by atoms with van der Waals surface area (Å²) in [4.78, 5) is 11.2. The Hall–Kier alpha value is -2.03. The van der Waals surface area contributed by atoms with E-state index in [1.165, 1.54) is 5.56 Å². The molecular formula is C15H18N2O. The van der Waals surface area contributed by atoms with Crippen LogP contribution in [0.2, 0.25) is 0 Å². The molecule has 1 aromatic carbocycles. The highest BCUT2D eigenvalue weighted by Gasteiger charge is 1.95. The summed E-state index contributed by atoms with van der Waals surface area (Å²) in [5.74, 6) is 0. The van der Waals surface area contributed by atoms with Crippen LogP contribution in [0.25, 0.3) is 0 Å². The maximum Gasteiger partial charge on any atom is 0.250 e. The molecule has 94 valence electrons. The number of nitrogens with one attached hydrogen (secondary N) is 1. The van der Waals surface area contributed by atoms with E-state index in [-0.39, 0.29) is 5.56 Å². The predicted octanol–water partition coefficient (Wildman–Crippen LogP) is 2.43. The second-order valence-corrected chi connectivity index (χ2v) is 4.38. The smallest absolute Gasteiger partial charge is 0.250 e. The minimum atomic E-state index is 0.0184. The lowest BCUT2D eigenvalue weighted by atomic mass is 10.1. The predicted molar refractivity (Wildman–Crippen MR) is 74.9 cm³/mol. The first-order chi connectivity index (χ1) is 8.75. The van der Waals surface area contributed by atoms with Gasteiger partial charge in [-0.25, -0.2) is 0 Å². The maximum absolute atomic E-state index is 11.2. The Morgan fingerprint density at radius 2 is 1.89 bits per heavy atom. The normalized spacial score (nSPS) is 10.3. The van der Waals surface area contributed by atoms with Crippen molar-refractivity contribution in [1.82, 2.24) is 4.57 Å². The molecule has 3 nitrogen and oxygen atoms in total. The van der Waals surface area contributed by atoms with Crippen LogP contribution in [0.3, 0.4) is 0 Å². The standard InChI is InChI=1S/C15H18N2O/c1-17-12-14(9-10-15(17)18)16-11-5-8-13-6-3-2-4-7-13/h2-4,6-7,9-10,12,16H,5,8,11H2,1H3. The van der Waals surface area contributed by atoms with Gasteiger partial charge in [0.1, 0.15) is 0 Å². The molecule has 0 saturated heterocycles. The summed E-state index contributed by atoms with van der Waals surface area (Å²) < 4.78 is 1.58. The monoisotopic (exact) mass is 242 g/mol. The third-order valence-corrected chi connectivity index (χ3v) is 2.90. The van der Waals surface area contributed by atoms with Crippen LogP contribution in [-0.2, 0) is 13.5 Å². The van der Waals surface area contributed by atoms with Crippen LogP contribution in [0.1, 0.15) is 12.0 Å². The summed E-state index contributed by atoms with van der Waals surface area (Å²) in [6.45, 7) is 0.910. The van der Waals surface area contributed by atoms with Gasteiger partial charge in [-0.1, -0.05) is 30.3 Å². The molecule has 0 bridgehead atoms. The fourth-order valence-electron chi connectivity index (χ4n) is 1.87. The number of pyridine rings is 1. The zero-order valence-electron chi connectivity index (χ0n) is 10.6. The minimum absolute atomic E-state index is 0.0184. The Balaban J connectivity index is 1.78. The van der Waals surface area contributed by atoms with E-state index >= 15 is 0 Å². The topological polar surface area (TPSA) is 34.0 Å². The third kappa shape index (κ3) is 3.48. The summed E-state index contributed by atoms with van der Waals surface area (Å²) in [5.41, 5.74) is 2.37. The third-order valence-electron chi connectivity index (χ3n) is 2.90. The molecule has 0 unspecified atom stereocenters. The van der Waals surface area contributed by atoms with Gasteiger partial charge in [-0.3, -0.25) is 4.79 Å². The summed E-state index contributed by atoms with van der Waals surface area (Å²) in [6, 6.07) is 13.9. The molecule has 0 aliphatic heterocycles. The van der Waals surface area contributed by atoms with E-state index in [0.717, 1.165) is 25.1 Å². The van der Waals surface area contributed by atoms with Crippen LogP contribution in [0, 0.1) is 0 Å². The second-order valence-electron chi connectivity index (χ2n) is 4.38. The maximum atomic E-state index is 11.2. The lowest BCUT2D eigenvalue weighted by Gasteiger charge is -2.07. The number of aryl methyl sites for hydroxylation is 2. The minimum Gasteiger partial charge on any atom is -0.384 e. The molecule has 0 saturated carbocycles. The van der Waals surface area contributed by atoms with E-state index in [2.05, 4.69) is 29.6 Å². The molecule has 0 aliphatic carbocycles. The van der Waals surface area contributed by atoms with E-state index in [1.807, 2.05) is 18.3 Å². The number of benzene rings is 1. The number of hydrogen-bond acceptors (Lipinski definition) is 2. The van der Waals surface area contributed by atoms with Crippen LogP contribution in [0.5, 0.6) is 0 Å².